The van der Waals surface area contributed by atoms with Crippen LogP contribution in [0.5, 0.6) is 0 Å². The monoisotopic (exact) mass is 399 g/mol. The molecule has 0 spiro atoms. The molecule has 3 nitrogen and oxygen atoms in total. The molecule has 1 N–H and O–H groups in total. The Balaban J connectivity index is 0.00000324. The van der Waals surface area contributed by atoms with Crippen LogP contribution < -0.4 is 5.32 Å². The Kier molecular flexibility index (Phi) is 9.49. The van der Waals surface area contributed by atoms with Crippen LogP contribution >= 0.6 is 35.7 Å². The Hall–Kier alpha value is 0.350. The zero-order valence-corrected chi connectivity index (χ0v) is 16.2. The molecule has 1 heterocycles. The molecule has 1 saturated heterocycles. The largest absolute Gasteiger partial charge is 0.356 e. The average molecular weight is 399 g/mol. The van der Waals surface area contributed by atoms with Gasteiger partial charge >= 0.3 is 0 Å². The van der Waals surface area contributed by atoms with Gasteiger partial charge in [-0.2, -0.15) is 11.8 Å². The molecule has 114 valence electrons. The number of thioether (sulfide) groups is 1. The smallest absolute Gasteiger partial charge is 0.193 e. The maximum Gasteiger partial charge on any atom is 0.193 e. The Morgan fingerprint density at radius 1 is 1.42 bits per heavy atom. The molecule has 0 bridgehead atoms. The summed E-state index contributed by atoms with van der Waals surface area (Å²) in [5, 5.41) is 3.50. The molecular weight excluding hydrogens is 369 g/mol. The molecule has 1 rings (SSSR count). The second-order valence-corrected chi connectivity index (χ2v) is 7.84. The third-order valence-corrected chi connectivity index (χ3v) is 4.48. The van der Waals surface area contributed by atoms with Crippen molar-refractivity contribution in [2.24, 2.45) is 10.9 Å². The Morgan fingerprint density at radius 3 is 2.63 bits per heavy atom. The minimum absolute atomic E-state index is 0. The summed E-state index contributed by atoms with van der Waals surface area (Å²) in [5.41, 5.74) is 0. The molecule has 0 aromatic carbocycles. The van der Waals surface area contributed by atoms with Crippen LogP contribution in [0.25, 0.3) is 0 Å². The SMILES string of the molecule is CN=C(NCCCC(C)C)N1CCSC(C)(C)C1.I. The molecule has 0 aliphatic carbocycles. The quantitative estimate of drug-likeness (QED) is 0.340. The number of rotatable bonds is 4. The fourth-order valence-electron chi connectivity index (χ4n) is 2.24. The van der Waals surface area contributed by atoms with Gasteiger partial charge < -0.3 is 10.2 Å². The van der Waals surface area contributed by atoms with Crippen molar-refractivity contribution >= 4 is 41.7 Å². The predicted octanol–water partition coefficient (Wildman–Crippen LogP) is 3.44. The van der Waals surface area contributed by atoms with Crippen LogP contribution in [0.4, 0.5) is 0 Å². The number of guanidine groups is 1. The first-order chi connectivity index (χ1) is 8.44. The van der Waals surface area contributed by atoms with Crippen molar-refractivity contribution in [3.63, 3.8) is 0 Å². The minimum atomic E-state index is 0. The molecule has 0 unspecified atom stereocenters. The van der Waals surface area contributed by atoms with Crippen LogP contribution in [-0.4, -0.2) is 48.0 Å². The molecule has 0 radical (unpaired) electrons. The highest BCUT2D eigenvalue weighted by molar-refractivity contribution is 14.0. The fourth-order valence-corrected chi connectivity index (χ4v) is 3.35. The summed E-state index contributed by atoms with van der Waals surface area (Å²) < 4.78 is 0.341. The van der Waals surface area contributed by atoms with E-state index in [-0.39, 0.29) is 24.0 Å². The summed E-state index contributed by atoms with van der Waals surface area (Å²) in [7, 11) is 1.89. The summed E-state index contributed by atoms with van der Waals surface area (Å²) in [5.74, 6) is 3.06. The lowest BCUT2D eigenvalue weighted by Gasteiger charge is -2.39. The number of aliphatic imine (C=N–C) groups is 1. The summed E-state index contributed by atoms with van der Waals surface area (Å²) >= 11 is 2.06. The number of halogens is 1. The summed E-state index contributed by atoms with van der Waals surface area (Å²) in [4.78, 5) is 6.81. The highest BCUT2D eigenvalue weighted by Crippen LogP contribution is 2.29. The molecule has 0 atom stereocenters. The van der Waals surface area contributed by atoms with E-state index >= 15 is 0 Å². The molecule has 19 heavy (non-hydrogen) atoms. The summed E-state index contributed by atoms with van der Waals surface area (Å²) in [6, 6.07) is 0. The summed E-state index contributed by atoms with van der Waals surface area (Å²) in [6.07, 6.45) is 2.51. The van der Waals surface area contributed by atoms with Gasteiger partial charge in [0.15, 0.2) is 5.96 Å². The molecule has 0 aromatic rings. The van der Waals surface area contributed by atoms with E-state index in [0.717, 1.165) is 31.5 Å². The van der Waals surface area contributed by atoms with Gasteiger partial charge in [0.25, 0.3) is 0 Å². The third kappa shape index (κ3) is 7.63. The Morgan fingerprint density at radius 2 is 2.11 bits per heavy atom. The van der Waals surface area contributed by atoms with Crippen LogP contribution in [0.2, 0.25) is 0 Å². The van der Waals surface area contributed by atoms with Gasteiger partial charge in [0.1, 0.15) is 0 Å². The van der Waals surface area contributed by atoms with E-state index in [1.165, 1.54) is 18.6 Å². The number of nitrogens with zero attached hydrogens (tertiary/aromatic N) is 2. The predicted molar refractivity (Wildman–Crippen MR) is 99.0 cm³/mol. The van der Waals surface area contributed by atoms with E-state index in [1.807, 2.05) is 7.05 Å². The third-order valence-electron chi connectivity index (χ3n) is 3.18. The van der Waals surface area contributed by atoms with Gasteiger partial charge in [0, 0.05) is 37.2 Å². The van der Waals surface area contributed by atoms with Crippen LogP contribution in [0.3, 0.4) is 0 Å². The van der Waals surface area contributed by atoms with Crippen LogP contribution in [0, 0.1) is 5.92 Å². The second kappa shape index (κ2) is 9.32. The molecule has 1 aliphatic rings. The maximum atomic E-state index is 4.42. The maximum absolute atomic E-state index is 4.42. The zero-order valence-electron chi connectivity index (χ0n) is 13.0. The number of hydrogen-bond acceptors (Lipinski definition) is 2. The van der Waals surface area contributed by atoms with Crippen molar-refractivity contribution in [1.82, 2.24) is 10.2 Å². The molecule has 0 saturated carbocycles. The number of nitrogens with one attached hydrogen (secondary N) is 1. The molecule has 1 fully saturated rings. The van der Waals surface area contributed by atoms with E-state index in [1.54, 1.807) is 0 Å². The van der Waals surface area contributed by atoms with Gasteiger partial charge in [-0.05, 0) is 32.6 Å². The van der Waals surface area contributed by atoms with Gasteiger partial charge in [0.2, 0.25) is 0 Å². The molecule has 5 heteroatoms. The molecular formula is C14H30IN3S. The van der Waals surface area contributed by atoms with Crippen molar-refractivity contribution < 1.29 is 0 Å². The standard InChI is InChI=1S/C14H29N3S.HI/c1-12(2)7-6-8-16-13(15-5)17-9-10-18-14(3,4)11-17;/h12H,6-11H2,1-5H3,(H,15,16);1H. The lowest BCUT2D eigenvalue weighted by molar-refractivity contribution is 0.375. The first kappa shape index (κ1) is 19.4. The van der Waals surface area contributed by atoms with E-state index in [0.29, 0.717) is 4.75 Å². The topological polar surface area (TPSA) is 27.6 Å². The normalized spacial score (nSPS) is 19.3. The molecule has 0 aromatic heterocycles. The lowest BCUT2D eigenvalue weighted by Crippen LogP contribution is -2.51. The first-order valence-corrected chi connectivity index (χ1v) is 8.03. The van der Waals surface area contributed by atoms with Crippen LogP contribution in [0.15, 0.2) is 4.99 Å². The fraction of sp³-hybridized carbons (Fsp3) is 0.929. The Labute approximate surface area is 140 Å². The van der Waals surface area contributed by atoms with E-state index < -0.39 is 0 Å². The van der Waals surface area contributed by atoms with Crippen molar-refractivity contribution in [2.75, 3.05) is 32.4 Å². The van der Waals surface area contributed by atoms with Gasteiger partial charge in [-0.3, -0.25) is 4.99 Å². The average Bonchev–Trinajstić information content (AvgIpc) is 2.27. The molecule has 1 aliphatic heterocycles. The summed E-state index contributed by atoms with van der Waals surface area (Å²) in [6.45, 7) is 12.4. The second-order valence-electron chi connectivity index (χ2n) is 6.04. The van der Waals surface area contributed by atoms with Crippen molar-refractivity contribution in [2.45, 2.75) is 45.3 Å². The van der Waals surface area contributed by atoms with Gasteiger partial charge in [0.05, 0.1) is 0 Å². The van der Waals surface area contributed by atoms with Gasteiger partial charge in [-0.15, -0.1) is 24.0 Å². The van der Waals surface area contributed by atoms with Crippen LogP contribution in [0.1, 0.15) is 40.5 Å². The zero-order chi connectivity index (χ0) is 13.6. The van der Waals surface area contributed by atoms with E-state index in [9.17, 15) is 0 Å². The van der Waals surface area contributed by atoms with Crippen molar-refractivity contribution in [3.8, 4) is 0 Å². The van der Waals surface area contributed by atoms with E-state index in [2.05, 4.69) is 54.7 Å². The van der Waals surface area contributed by atoms with Gasteiger partial charge in [-0.1, -0.05) is 13.8 Å². The highest BCUT2D eigenvalue weighted by atomic mass is 127. The number of hydrogen-bond donors (Lipinski definition) is 1. The van der Waals surface area contributed by atoms with Crippen molar-refractivity contribution in [3.05, 3.63) is 0 Å². The molecule has 0 amide bonds. The Bertz CT molecular complexity index is 280. The lowest BCUT2D eigenvalue weighted by atomic mass is 10.1. The van der Waals surface area contributed by atoms with Crippen molar-refractivity contribution in [1.29, 1.82) is 0 Å². The minimum Gasteiger partial charge on any atom is -0.356 e. The van der Waals surface area contributed by atoms with E-state index in [4.69, 9.17) is 0 Å². The van der Waals surface area contributed by atoms with Crippen LogP contribution in [-0.2, 0) is 0 Å². The first-order valence-electron chi connectivity index (χ1n) is 7.04. The highest BCUT2D eigenvalue weighted by Gasteiger charge is 2.28. The van der Waals surface area contributed by atoms with Gasteiger partial charge in [-0.25, -0.2) is 0 Å².